The summed E-state index contributed by atoms with van der Waals surface area (Å²) in [5, 5.41) is 3.35. The minimum absolute atomic E-state index is 0. The quantitative estimate of drug-likeness (QED) is 0.342. The maximum atomic E-state index is 5.49. The van der Waals surface area contributed by atoms with E-state index in [1.54, 1.807) is 7.05 Å². The number of nitrogens with zero attached hydrogens (tertiary/aromatic N) is 3. The number of hydrogen-bond donors (Lipinski definition) is 1. The van der Waals surface area contributed by atoms with Crippen molar-refractivity contribution in [3.63, 3.8) is 0 Å². The molecule has 0 bridgehead atoms. The highest BCUT2D eigenvalue weighted by Crippen LogP contribution is 2.15. The molecule has 0 atom stereocenters. The van der Waals surface area contributed by atoms with E-state index in [1.807, 2.05) is 32.4 Å². The molecule has 5 nitrogen and oxygen atoms in total. The van der Waals surface area contributed by atoms with Crippen LogP contribution in [0, 0.1) is 0 Å². The topological polar surface area (TPSA) is 45.7 Å². The zero-order valence-corrected chi connectivity index (χ0v) is 18.8. The summed E-state index contributed by atoms with van der Waals surface area (Å²) in [6.07, 6.45) is 2.86. The van der Waals surface area contributed by atoms with Crippen LogP contribution in [0.2, 0.25) is 0 Å². The Bertz CT molecular complexity index is 654. The molecule has 23 heavy (non-hydrogen) atoms. The molecule has 0 saturated heterocycles. The van der Waals surface area contributed by atoms with E-state index < -0.39 is 0 Å². The van der Waals surface area contributed by atoms with Crippen molar-refractivity contribution in [1.29, 1.82) is 0 Å². The molecule has 0 fully saturated rings. The van der Waals surface area contributed by atoms with Crippen molar-refractivity contribution < 1.29 is 4.42 Å². The fraction of sp³-hybridized carbons (Fsp3) is 0.400. The Morgan fingerprint density at radius 3 is 2.65 bits per heavy atom. The molecule has 2 rings (SSSR count). The fourth-order valence-corrected chi connectivity index (χ4v) is 3.12. The molecule has 0 aliphatic heterocycles. The summed E-state index contributed by atoms with van der Waals surface area (Å²) in [7, 11) is 5.86. The summed E-state index contributed by atoms with van der Waals surface area (Å²) in [6.45, 7) is 1.56. The van der Waals surface area contributed by atoms with Crippen molar-refractivity contribution >= 4 is 61.8 Å². The molecule has 0 radical (unpaired) electrons. The Morgan fingerprint density at radius 1 is 1.39 bits per heavy atom. The zero-order chi connectivity index (χ0) is 16.1. The first-order valence-corrected chi connectivity index (χ1v) is 8.55. The molecule has 0 aliphatic rings. The Balaban J connectivity index is 0.00000264. The van der Waals surface area contributed by atoms with E-state index in [2.05, 4.69) is 57.7 Å². The SMILES string of the molecule is CN=C(NCCc1ccc(Br)o1)N(C)Cc1cc(Br)cn1C.I. The van der Waals surface area contributed by atoms with Gasteiger partial charge in [-0.3, -0.25) is 4.99 Å². The first-order valence-electron chi connectivity index (χ1n) is 6.96. The number of guanidine groups is 1. The van der Waals surface area contributed by atoms with Crippen molar-refractivity contribution in [2.24, 2.45) is 12.0 Å². The van der Waals surface area contributed by atoms with Gasteiger partial charge >= 0.3 is 0 Å². The van der Waals surface area contributed by atoms with Crippen molar-refractivity contribution in [2.45, 2.75) is 13.0 Å². The van der Waals surface area contributed by atoms with Crippen molar-refractivity contribution in [3.05, 3.63) is 45.0 Å². The highest BCUT2D eigenvalue weighted by atomic mass is 127. The number of aryl methyl sites for hydroxylation is 1. The molecule has 128 valence electrons. The van der Waals surface area contributed by atoms with Gasteiger partial charge in [0.2, 0.25) is 0 Å². The van der Waals surface area contributed by atoms with Gasteiger partial charge in [-0.1, -0.05) is 0 Å². The van der Waals surface area contributed by atoms with Gasteiger partial charge in [0.05, 0.1) is 6.54 Å². The molecule has 0 aromatic carbocycles. The number of aliphatic imine (C=N–C) groups is 1. The second-order valence-electron chi connectivity index (χ2n) is 5.05. The molecule has 2 aromatic rings. The minimum Gasteiger partial charge on any atom is -0.454 e. The monoisotopic (exact) mass is 558 g/mol. The van der Waals surface area contributed by atoms with Crippen LogP contribution >= 0.6 is 55.8 Å². The maximum Gasteiger partial charge on any atom is 0.193 e. The molecular formula is C15H21Br2IN4O. The normalized spacial score (nSPS) is 11.3. The second kappa shape index (κ2) is 9.73. The van der Waals surface area contributed by atoms with E-state index in [4.69, 9.17) is 4.42 Å². The second-order valence-corrected chi connectivity index (χ2v) is 6.74. The Hall–Kier alpha value is -0.480. The molecule has 1 N–H and O–H groups in total. The van der Waals surface area contributed by atoms with E-state index in [-0.39, 0.29) is 24.0 Å². The highest BCUT2D eigenvalue weighted by molar-refractivity contribution is 14.0. The van der Waals surface area contributed by atoms with E-state index in [0.717, 1.165) is 40.4 Å². The van der Waals surface area contributed by atoms with Gasteiger partial charge in [0, 0.05) is 50.5 Å². The van der Waals surface area contributed by atoms with Crippen LogP contribution in [0.3, 0.4) is 0 Å². The molecule has 0 unspecified atom stereocenters. The maximum absolute atomic E-state index is 5.49. The molecule has 0 amide bonds. The van der Waals surface area contributed by atoms with Gasteiger partial charge in [-0.2, -0.15) is 0 Å². The summed E-state index contributed by atoms with van der Waals surface area (Å²) in [5.74, 6) is 1.81. The summed E-state index contributed by atoms with van der Waals surface area (Å²) in [4.78, 5) is 6.42. The van der Waals surface area contributed by atoms with Crippen LogP contribution in [0.5, 0.6) is 0 Å². The van der Waals surface area contributed by atoms with Gasteiger partial charge in [-0.05, 0) is 50.1 Å². The highest BCUT2D eigenvalue weighted by Gasteiger charge is 2.09. The first-order chi connectivity index (χ1) is 10.5. The third kappa shape index (κ3) is 6.15. The smallest absolute Gasteiger partial charge is 0.193 e. The first kappa shape index (κ1) is 20.6. The largest absolute Gasteiger partial charge is 0.454 e. The number of nitrogens with one attached hydrogen (secondary N) is 1. The van der Waals surface area contributed by atoms with Gasteiger partial charge < -0.3 is 19.2 Å². The average Bonchev–Trinajstić information content (AvgIpc) is 3.01. The van der Waals surface area contributed by atoms with Crippen LogP contribution < -0.4 is 5.32 Å². The molecule has 0 saturated carbocycles. The number of rotatable bonds is 5. The average molecular weight is 560 g/mol. The summed E-state index contributed by atoms with van der Waals surface area (Å²) < 4.78 is 9.44. The molecule has 8 heteroatoms. The van der Waals surface area contributed by atoms with E-state index in [9.17, 15) is 0 Å². The van der Waals surface area contributed by atoms with Crippen molar-refractivity contribution in [3.8, 4) is 0 Å². The summed E-state index contributed by atoms with van der Waals surface area (Å²) >= 11 is 6.81. The lowest BCUT2D eigenvalue weighted by molar-refractivity contribution is 0.455. The number of hydrogen-bond acceptors (Lipinski definition) is 2. The third-order valence-electron chi connectivity index (χ3n) is 3.33. The van der Waals surface area contributed by atoms with E-state index >= 15 is 0 Å². The fourth-order valence-electron chi connectivity index (χ4n) is 2.21. The van der Waals surface area contributed by atoms with E-state index in [0.29, 0.717) is 0 Å². The summed E-state index contributed by atoms with van der Waals surface area (Å²) in [6, 6.07) is 5.99. The predicted molar refractivity (Wildman–Crippen MR) is 111 cm³/mol. The lowest BCUT2D eigenvalue weighted by atomic mass is 10.3. The Morgan fingerprint density at radius 2 is 2.13 bits per heavy atom. The van der Waals surface area contributed by atoms with Gasteiger partial charge in [0.1, 0.15) is 5.76 Å². The molecule has 0 spiro atoms. The standard InChI is InChI=1S/C15H20Br2N4O.HI/c1-18-15(19-7-6-13-4-5-14(17)22-13)21(3)10-12-8-11(16)9-20(12)2;/h4-5,8-9H,6-7,10H2,1-3H3,(H,18,19);1H. The lowest BCUT2D eigenvalue weighted by Crippen LogP contribution is -2.39. The number of aromatic nitrogens is 1. The Kier molecular flexibility index (Phi) is 8.70. The number of furan rings is 1. The van der Waals surface area contributed by atoms with Crippen LogP contribution in [0.4, 0.5) is 0 Å². The summed E-state index contributed by atoms with van der Waals surface area (Å²) in [5.41, 5.74) is 1.22. The van der Waals surface area contributed by atoms with Gasteiger partial charge in [-0.25, -0.2) is 0 Å². The molecule has 2 aromatic heterocycles. The minimum atomic E-state index is 0. The van der Waals surface area contributed by atoms with Gasteiger partial charge in [0.25, 0.3) is 0 Å². The zero-order valence-electron chi connectivity index (χ0n) is 13.3. The van der Waals surface area contributed by atoms with Crippen LogP contribution in [0.15, 0.2) is 42.9 Å². The van der Waals surface area contributed by atoms with Crippen LogP contribution in [-0.4, -0.2) is 36.1 Å². The van der Waals surface area contributed by atoms with Crippen LogP contribution in [-0.2, 0) is 20.0 Å². The van der Waals surface area contributed by atoms with Crippen molar-refractivity contribution in [2.75, 3.05) is 20.6 Å². The van der Waals surface area contributed by atoms with Gasteiger partial charge in [0.15, 0.2) is 10.6 Å². The molecule has 0 aliphatic carbocycles. The number of halogens is 3. The molecule has 2 heterocycles. The predicted octanol–water partition coefficient (Wildman–Crippen LogP) is 4.01. The van der Waals surface area contributed by atoms with Gasteiger partial charge in [-0.15, -0.1) is 24.0 Å². The molecular weight excluding hydrogens is 539 g/mol. The van der Waals surface area contributed by atoms with Crippen molar-refractivity contribution in [1.82, 2.24) is 14.8 Å². The van der Waals surface area contributed by atoms with Crippen LogP contribution in [0.25, 0.3) is 0 Å². The Labute approximate surface area is 170 Å². The van der Waals surface area contributed by atoms with Crippen LogP contribution in [0.1, 0.15) is 11.5 Å². The van der Waals surface area contributed by atoms with E-state index in [1.165, 1.54) is 5.69 Å². The third-order valence-corrected chi connectivity index (χ3v) is 4.19. The lowest BCUT2D eigenvalue weighted by Gasteiger charge is -2.22.